The van der Waals surface area contributed by atoms with Crippen molar-refractivity contribution in [1.29, 1.82) is 0 Å². The molecule has 1 aliphatic rings. The molecule has 2 rings (SSSR count). The Morgan fingerprint density at radius 2 is 2.30 bits per heavy atom. The van der Waals surface area contributed by atoms with E-state index in [1.54, 1.807) is 6.07 Å². The zero-order valence-corrected chi connectivity index (χ0v) is 12.5. The summed E-state index contributed by atoms with van der Waals surface area (Å²) in [6.45, 7) is 9.76. The first-order chi connectivity index (χ1) is 9.60. The first-order valence-corrected chi connectivity index (χ1v) is 7.42. The Kier molecular flexibility index (Phi) is 5.15. The molecular formula is C16H25N3O. The number of primary amides is 1. The van der Waals surface area contributed by atoms with Crippen molar-refractivity contribution in [2.24, 2.45) is 11.7 Å². The summed E-state index contributed by atoms with van der Waals surface area (Å²) in [5, 5.41) is 3.53. The molecule has 1 aliphatic heterocycles. The van der Waals surface area contributed by atoms with Crippen LogP contribution in [0.2, 0.25) is 0 Å². The Labute approximate surface area is 121 Å². The maximum absolute atomic E-state index is 11.1. The summed E-state index contributed by atoms with van der Waals surface area (Å²) in [4.78, 5) is 13.6. The van der Waals surface area contributed by atoms with Gasteiger partial charge in [0, 0.05) is 18.7 Å². The van der Waals surface area contributed by atoms with Gasteiger partial charge in [0.25, 0.3) is 0 Å². The van der Waals surface area contributed by atoms with E-state index < -0.39 is 0 Å². The fourth-order valence-electron chi connectivity index (χ4n) is 2.83. The fraction of sp³-hybridized carbons (Fsp3) is 0.562. The van der Waals surface area contributed by atoms with Crippen molar-refractivity contribution in [2.75, 3.05) is 26.2 Å². The van der Waals surface area contributed by atoms with E-state index in [2.05, 4.69) is 17.1 Å². The van der Waals surface area contributed by atoms with E-state index in [1.807, 2.05) is 19.1 Å². The minimum Gasteiger partial charge on any atom is -0.366 e. The molecule has 1 heterocycles. The molecular weight excluding hydrogens is 250 g/mol. The summed E-state index contributed by atoms with van der Waals surface area (Å²) in [5.74, 6) is 0.401. The van der Waals surface area contributed by atoms with Crippen LogP contribution in [0.5, 0.6) is 0 Å². The Morgan fingerprint density at radius 3 is 2.90 bits per heavy atom. The number of nitrogens with zero attached hydrogens (tertiary/aromatic N) is 1. The second-order valence-electron chi connectivity index (χ2n) is 5.68. The largest absolute Gasteiger partial charge is 0.366 e. The monoisotopic (exact) mass is 275 g/mol. The highest BCUT2D eigenvalue weighted by molar-refractivity contribution is 5.93. The third-order valence-electron chi connectivity index (χ3n) is 4.19. The molecule has 0 aromatic heterocycles. The minimum absolute atomic E-state index is 0.363. The van der Waals surface area contributed by atoms with Crippen LogP contribution in [0.1, 0.15) is 34.8 Å². The Hall–Kier alpha value is -1.39. The lowest BCUT2D eigenvalue weighted by Crippen LogP contribution is -2.26. The number of nitrogens with two attached hydrogens (primary N) is 1. The van der Waals surface area contributed by atoms with Gasteiger partial charge in [-0.3, -0.25) is 4.79 Å². The van der Waals surface area contributed by atoms with E-state index in [0.717, 1.165) is 31.1 Å². The number of carbonyl (C=O) groups excluding carboxylic acids is 1. The van der Waals surface area contributed by atoms with Crippen LogP contribution in [0.25, 0.3) is 0 Å². The van der Waals surface area contributed by atoms with Gasteiger partial charge in [-0.1, -0.05) is 13.0 Å². The summed E-state index contributed by atoms with van der Waals surface area (Å²) >= 11 is 0. The number of carbonyl (C=O) groups is 1. The van der Waals surface area contributed by atoms with E-state index in [4.69, 9.17) is 5.73 Å². The maximum Gasteiger partial charge on any atom is 0.248 e. The topological polar surface area (TPSA) is 58.4 Å². The number of amides is 1. The van der Waals surface area contributed by atoms with Gasteiger partial charge in [-0.15, -0.1) is 0 Å². The van der Waals surface area contributed by atoms with Crippen LogP contribution in [-0.4, -0.2) is 37.0 Å². The molecule has 1 aromatic rings. The van der Waals surface area contributed by atoms with Crippen LogP contribution in [0.15, 0.2) is 18.2 Å². The second kappa shape index (κ2) is 6.86. The average Bonchev–Trinajstić information content (AvgIpc) is 2.88. The number of rotatable bonds is 6. The van der Waals surface area contributed by atoms with Crippen molar-refractivity contribution in [3.05, 3.63) is 34.9 Å². The van der Waals surface area contributed by atoms with Crippen LogP contribution in [0.3, 0.4) is 0 Å². The van der Waals surface area contributed by atoms with Crippen LogP contribution >= 0.6 is 0 Å². The lowest BCUT2D eigenvalue weighted by molar-refractivity contribution is 0.1000. The van der Waals surface area contributed by atoms with Crippen LogP contribution < -0.4 is 11.1 Å². The fourth-order valence-corrected chi connectivity index (χ4v) is 2.83. The number of aryl methyl sites for hydroxylation is 1. The average molecular weight is 275 g/mol. The molecule has 0 aliphatic carbocycles. The van der Waals surface area contributed by atoms with Gasteiger partial charge in [-0.25, -0.2) is 0 Å². The quantitative estimate of drug-likeness (QED) is 0.827. The van der Waals surface area contributed by atoms with Gasteiger partial charge in [0.1, 0.15) is 0 Å². The van der Waals surface area contributed by atoms with Gasteiger partial charge in [0.15, 0.2) is 0 Å². The van der Waals surface area contributed by atoms with E-state index in [-0.39, 0.29) is 5.91 Å². The smallest absolute Gasteiger partial charge is 0.248 e. The molecule has 0 spiro atoms. The van der Waals surface area contributed by atoms with Crippen molar-refractivity contribution >= 4 is 5.91 Å². The number of hydrogen-bond donors (Lipinski definition) is 2. The van der Waals surface area contributed by atoms with Crippen LogP contribution in [-0.2, 0) is 6.54 Å². The van der Waals surface area contributed by atoms with Crippen molar-refractivity contribution in [3.63, 3.8) is 0 Å². The molecule has 0 bridgehead atoms. The number of hydrogen-bond acceptors (Lipinski definition) is 3. The summed E-state index contributed by atoms with van der Waals surface area (Å²) in [5.41, 5.74) is 8.22. The van der Waals surface area contributed by atoms with Crippen molar-refractivity contribution in [1.82, 2.24) is 10.2 Å². The SMILES string of the molecule is CCN1CCC(CNCc2ccc(C(N)=O)cc2C)C1. The molecule has 4 nitrogen and oxygen atoms in total. The van der Waals surface area contributed by atoms with Gasteiger partial charge >= 0.3 is 0 Å². The minimum atomic E-state index is -0.363. The van der Waals surface area contributed by atoms with Gasteiger partial charge in [0.05, 0.1) is 0 Å². The highest BCUT2D eigenvalue weighted by atomic mass is 16.1. The van der Waals surface area contributed by atoms with E-state index in [0.29, 0.717) is 5.56 Å². The first-order valence-electron chi connectivity index (χ1n) is 7.42. The molecule has 4 heteroatoms. The van der Waals surface area contributed by atoms with Gasteiger partial charge in [-0.05, 0) is 62.2 Å². The first kappa shape index (κ1) is 15.0. The third-order valence-corrected chi connectivity index (χ3v) is 4.19. The van der Waals surface area contributed by atoms with Gasteiger partial charge < -0.3 is 16.0 Å². The normalized spacial score (nSPS) is 19.4. The molecule has 0 saturated carbocycles. The Balaban J connectivity index is 1.81. The van der Waals surface area contributed by atoms with Crippen molar-refractivity contribution < 1.29 is 4.79 Å². The summed E-state index contributed by atoms with van der Waals surface area (Å²) < 4.78 is 0. The van der Waals surface area contributed by atoms with E-state index >= 15 is 0 Å². The number of nitrogens with one attached hydrogen (secondary N) is 1. The van der Waals surface area contributed by atoms with Crippen molar-refractivity contribution in [3.8, 4) is 0 Å². The second-order valence-corrected chi connectivity index (χ2v) is 5.68. The van der Waals surface area contributed by atoms with Crippen LogP contribution in [0.4, 0.5) is 0 Å². The van der Waals surface area contributed by atoms with Crippen LogP contribution in [0, 0.1) is 12.8 Å². The molecule has 1 unspecified atom stereocenters. The van der Waals surface area contributed by atoms with E-state index in [9.17, 15) is 4.79 Å². The molecule has 1 amide bonds. The Bertz CT molecular complexity index is 473. The molecule has 1 fully saturated rings. The van der Waals surface area contributed by atoms with Gasteiger partial charge in [-0.2, -0.15) is 0 Å². The standard InChI is InChI=1S/C16H25N3O/c1-3-19-7-6-13(11-19)9-18-10-15-5-4-14(16(17)20)8-12(15)2/h4-5,8,13,18H,3,6-7,9-11H2,1-2H3,(H2,17,20). The zero-order valence-electron chi connectivity index (χ0n) is 12.5. The summed E-state index contributed by atoms with van der Waals surface area (Å²) in [7, 11) is 0. The van der Waals surface area contributed by atoms with Gasteiger partial charge in [0.2, 0.25) is 5.91 Å². The lowest BCUT2D eigenvalue weighted by Gasteiger charge is -2.14. The molecule has 1 saturated heterocycles. The van der Waals surface area contributed by atoms with E-state index in [1.165, 1.54) is 25.1 Å². The molecule has 110 valence electrons. The molecule has 3 N–H and O–H groups in total. The number of likely N-dealkylation sites (tertiary alicyclic amines) is 1. The predicted octanol–water partition coefficient (Wildman–Crippen LogP) is 1.53. The molecule has 1 atom stereocenters. The lowest BCUT2D eigenvalue weighted by atomic mass is 10.0. The molecule has 20 heavy (non-hydrogen) atoms. The highest BCUT2D eigenvalue weighted by Gasteiger charge is 2.20. The number of benzene rings is 1. The summed E-state index contributed by atoms with van der Waals surface area (Å²) in [6.07, 6.45) is 1.29. The summed E-state index contributed by atoms with van der Waals surface area (Å²) in [6, 6.07) is 5.67. The Morgan fingerprint density at radius 1 is 1.50 bits per heavy atom. The highest BCUT2D eigenvalue weighted by Crippen LogP contribution is 2.15. The van der Waals surface area contributed by atoms with Crippen molar-refractivity contribution in [2.45, 2.75) is 26.8 Å². The molecule has 1 aromatic carbocycles. The molecule has 0 radical (unpaired) electrons. The maximum atomic E-state index is 11.1. The third kappa shape index (κ3) is 3.81. The predicted molar refractivity (Wildman–Crippen MR) is 81.6 cm³/mol. The zero-order chi connectivity index (χ0) is 14.5.